The van der Waals surface area contributed by atoms with Crippen LogP contribution >= 0.6 is 0 Å². The normalized spacial score (nSPS) is 17.6. The van der Waals surface area contributed by atoms with E-state index in [0.717, 1.165) is 5.56 Å². The number of carbonyl (C=O) groups is 2. The molecular formula is C13H12N2O2. The van der Waals surface area contributed by atoms with Crippen LogP contribution in [0.15, 0.2) is 24.3 Å². The number of para-hydroxylation sites is 1. The zero-order valence-corrected chi connectivity index (χ0v) is 9.19. The van der Waals surface area contributed by atoms with Gasteiger partial charge in [0.25, 0.3) is 0 Å². The lowest BCUT2D eigenvalue weighted by atomic mass is 9.90. The van der Waals surface area contributed by atoms with Gasteiger partial charge in [0.2, 0.25) is 11.8 Å². The van der Waals surface area contributed by atoms with Crippen molar-refractivity contribution in [1.29, 1.82) is 0 Å². The maximum atomic E-state index is 11.9. The van der Waals surface area contributed by atoms with Crippen molar-refractivity contribution in [1.82, 2.24) is 5.32 Å². The zero-order valence-electron chi connectivity index (χ0n) is 9.19. The van der Waals surface area contributed by atoms with Gasteiger partial charge < -0.3 is 10.6 Å². The van der Waals surface area contributed by atoms with E-state index in [9.17, 15) is 9.59 Å². The molecule has 2 amide bonds. The molecule has 1 heterocycles. The van der Waals surface area contributed by atoms with Crippen molar-refractivity contribution >= 4 is 17.5 Å². The third kappa shape index (κ3) is 2.28. The molecule has 2 N–H and O–H groups in total. The molecule has 1 aliphatic rings. The first-order chi connectivity index (χ1) is 8.22. The molecule has 0 aliphatic carbocycles. The Morgan fingerprint density at radius 1 is 1.53 bits per heavy atom. The zero-order chi connectivity index (χ0) is 12.3. The molecule has 0 saturated heterocycles. The van der Waals surface area contributed by atoms with Crippen LogP contribution in [0.5, 0.6) is 0 Å². The largest absolute Gasteiger partial charge is 0.345 e. The SMILES string of the molecule is C#CCNC(=O)C1CC(=O)Nc2ccccc21. The Kier molecular flexibility index (Phi) is 3.10. The second kappa shape index (κ2) is 4.71. The fourth-order valence-corrected chi connectivity index (χ4v) is 1.91. The molecule has 0 radical (unpaired) electrons. The average molecular weight is 228 g/mol. The maximum Gasteiger partial charge on any atom is 0.228 e. The number of benzene rings is 1. The Labute approximate surface area is 99.4 Å². The topological polar surface area (TPSA) is 58.2 Å². The molecule has 4 nitrogen and oxygen atoms in total. The lowest BCUT2D eigenvalue weighted by molar-refractivity contribution is -0.126. The van der Waals surface area contributed by atoms with Gasteiger partial charge in [0.15, 0.2) is 0 Å². The van der Waals surface area contributed by atoms with E-state index in [-0.39, 0.29) is 24.8 Å². The summed E-state index contributed by atoms with van der Waals surface area (Å²) in [5.41, 5.74) is 1.53. The summed E-state index contributed by atoms with van der Waals surface area (Å²) in [6.45, 7) is 0.180. The van der Waals surface area contributed by atoms with E-state index in [1.807, 2.05) is 18.2 Å². The minimum absolute atomic E-state index is 0.149. The highest BCUT2D eigenvalue weighted by Gasteiger charge is 2.29. The monoisotopic (exact) mass is 228 g/mol. The van der Waals surface area contributed by atoms with Gasteiger partial charge in [-0.15, -0.1) is 6.42 Å². The molecule has 0 bridgehead atoms. The van der Waals surface area contributed by atoms with Gasteiger partial charge in [-0.1, -0.05) is 24.1 Å². The fourth-order valence-electron chi connectivity index (χ4n) is 1.91. The molecular weight excluding hydrogens is 216 g/mol. The van der Waals surface area contributed by atoms with E-state index in [2.05, 4.69) is 16.6 Å². The maximum absolute atomic E-state index is 11.9. The van der Waals surface area contributed by atoms with Crippen LogP contribution in [0.25, 0.3) is 0 Å². The molecule has 0 aromatic heterocycles. The third-order valence-corrected chi connectivity index (χ3v) is 2.68. The van der Waals surface area contributed by atoms with Crippen molar-refractivity contribution in [2.75, 3.05) is 11.9 Å². The van der Waals surface area contributed by atoms with Crippen LogP contribution in [0.4, 0.5) is 5.69 Å². The van der Waals surface area contributed by atoms with Crippen molar-refractivity contribution in [2.45, 2.75) is 12.3 Å². The quantitative estimate of drug-likeness (QED) is 0.738. The summed E-state index contributed by atoms with van der Waals surface area (Å²) >= 11 is 0. The Hall–Kier alpha value is -2.28. The van der Waals surface area contributed by atoms with Crippen molar-refractivity contribution < 1.29 is 9.59 Å². The molecule has 0 fully saturated rings. The molecule has 1 aromatic carbocycles. The first-order valence-corrected chi connectivity index (χ1v) is 5.32. The third-order valence-electron chi connectivity index (χ3n) is 2.68. The number of anilines is 1. The summed E-state index contributed by atoms with van der Waals surface area (Å²) in [5, 5.41) is 5.35. The lowest BCUT2D eigenvalue weighted by Gasteiger charge is -2.24. The van der Waals surface area contributed by atoms with Gasteiger partial charge >= 0.3 is 0 Å². The summed E-state index contributed by atoms with van der Waals surface area (Å²) in [7, 11) is 0. The highest BCUT2D eigenvalue weighted by molar-refractivity contribution is 6.01. The molecule has 1 unspecified atom stereocenters. The van der Waals surface area contributed by atoms with Crippen molar-refractivity contribution in [3.63, 3.8) is 0 Å². The molecule has 0 spiro atoms. The molecule has 2 rings (SSSR count). The second-order valence-corrected chi connectivity index (χ2v) is 3.81. The highest BCUT2D eigenvalue weighted by atomic mass is 16.2. The Balaban J connectivity index is 2.27. The molecule has 1 aliphatic heterocycles. The van der Waals surface area contributed by atoms with Crippen LogP contribution < -0.4 is 10.6 Å². The fraction of sp³-hybridized carbons (Fsp3) is 0.231. The molecule has 0 saturated carbocycles. The Bertz CT molecular complexity index is 502. The second-order valence-electron chi connectivity index (χ2n) is 3.81. The van der Waals surface area contributed by atoms with E-state index in [0.29, 0.717) is 5.69 Å². The van der Waals surface area contributed by atoms with Crippen molar-refractivity contribution in [2.24, 2.45) is 0 Å². The van der Waals surface area contributed by atoms with Gasteiger partial charge in [-0.3, -0.25) is 9.59 Å². The first kappa shape index (κ1) is 11.2. The van der Waals surface area contributed by atoms with Crippen LogP contribution in [0.1, 0.15) is 17.9 Å². The molecule has 86 valence electrons. The summed E-state index contributed by atoms with van der Waals surface area (Å²) in [5.74, 6) is 1.54. The summed E-state index contributed by atoms with van der Waals surface area (Å²) in [6.07, 6.45) is 5.24. The molecule has 1 atom stereocenters. The summed E-state index contributed by atoms with van der Waals surface area (Å²) in [6, 6.07) is 7.29. The molecule has 4 heteroatoms. The summed E-state index contributed by atoms with van der Waals surface area (Å²) in [4.78, 5) is 23.4. The van der Waals surface area contributed by atoms with Crippen LogP contribution in [-0.4, -0.2) is 18.4 Å². The Morgan fingerprint density at radius 2 is 2.29 bits per heavy atom. The lowest BCUT2D eigenvalue weighted by Crippen LogP contribution is -2.35. The van der Waals surface area contributed by atoms with E-state index in [4.69, 9.17) is 6.42 Å². The smallest absolute Gasteiger partial charge is 0.228 e. The predicted molar refractivity (Wildman–Crippen MR) is 64.3 cm³/mol. The van der Waals surface area contributed by atoms with Gasteiger partial charge in [-0.05, 0) is 11.6 Å². The van der Waals surface area contributed by atoms with Crippen LogP contribution in [0, 0.1) is 12.3 Å². The highest BCUT2D eigenvalue weighted by Crippen LogP contribution is 2.31. The van der Waals surface area contributed by atoms with Gasteiger partial charge in [-0.2, -0.15) is 0 Å². The van der Waals surface area contributed by atoms with Crippen LogP contribution in [0.3, 0.4) is 0 Å². The molecule has 17 heavy (non-hydrogen) atoms. The van der Waals surface area contributed by atoms with E-state index in [1.54, 1.807) is 6.07 Å². The van der Waals surface area contributed by atoms with Gasteiger partial charge in [0.1, 0.15) is 0 Å². The Morgan fingerprint density at radius 3 is 3.06 bits per heavy atom. The van der Waals surface area contributed by atoms with Gasteiger partial charge in [-0.25, -0.2) is 0 Å². The predicted octanol–water partition coefficient (Wildman–Crippen LogP) is 0.862. The van der Waals surface area contributed by atoms with Crippen LogP contribution in [0.2, 0.25) is 0 Å². The number of amides is 2. The van der Waals surface area contributed by atoms with Crippen molar-refractivity contribution in [3.05, 3.63) is 29.8 Å². The number of rotatable bonds is 2. The van der Waals surface area contributed by atoms with Gasteiger partial charge in [0.05, 0.1) is 12.5 Å². The van der Waals surface area contributed by atoms with E-state index < -0.39 is 5.92 Å². The summed E-state index contributed by atoms with van der Waals surface area (Å²) < 4.78 is 0. The number of nitrogens with one attached hydrogen (secondary N) is 2. The number of terminal acetylenes is 1. The number of carbonyl (C=O) groups excluding carboxylic acids is 2. The minimum Gasteiger partial charge on any atom is -0.345 e. The van der Waals surface area contributed by atoms with Gasteiger partial charge in [0, 0.05) is 12.1 Å². The van der Waals surface area contributed by atoms with E-state index in [1.165, 1.54) is 0 Å². The first-order valence-electron chi connectivity index (χ1n) is 5.32. The van der Waals surface area contributed by atoms with Crippen LogP contribution in [-0.2, 0) is 9.59 Å². The van der Waals surface area contributed by atoms with E-state index >= 15 is 0 Å². The molecule has 1 aromatic rings. The van der Waals surface area contributed by atoms with Crippen molar-refractivity contribution in [3.8, 4) is 12.3 Å². The number of fused-ring (bicyclic) bond motifs is 1. The number of hydrogen-bond donors (Lipinski definition) is 2. The number of hydrogen-bond acceptors (Lipinski definition) is 2. The average Bonchev–Trinajstić information content (AvgIpc) is 2.34. The minimum atomic E-state index is -0.451. The standard InChI is InChI=1S/C13H12N2O2/c1-2-7-14-13(17)10-8-12(16)15-11-6-4-3-5-9(10)11/h1,3-6,10H,7-8H2,(H,14,17)(H,15,16).